The average molecular weight is 343 g/mol. The summed E-state index contributed by atoms with van der Waals surface area (Å²) < 4.78 is 4.87. The lowest BCUT2D eigenvalue weighted by atomic mass is 9.97. The molecular formula is C18H21N3O4. The SMILES string of the molecule is CCOC(=O)C[C@H](C)[C@H](NC(=O)c1cnc2ccccc2c1)C(N)=O. The van der Waals surface area contributed by atoms with Crippen LogP contribution in [-0.2, 0) is 14.3 Å². The van der Waals surface area contributed by atoms with E-state index in [-0.39, 0.29) is 13.0 Å². The van der Waals surface area contributed by atoms with Crippen LogP contribution in [0.3, 0.4) is 0 Å². The van der Waals surface area contributed by atoms with Gasteiger partial charge in [0.15, 0.2) is 0 Å². The van der Waals surface area contributed by atoms with Gasteiger partial charge in [-0.1, -0.05) is 25.1 Å². The molecule has 3 N–H and O–H groups in total. The number of para-hydroxylation sites is 1. The van der Waals surface area contributed by atoms with Crippen LogP contribution in [-0.4, -0.2) is 35.4 Å². The van der Waals surface area contributed by atoms with Crippen molar-refractivity contribution in [1.82, 2.24) is 10.3 Å². The number of carbonyl (C=O) groups is 3. The Morgan fingerprint density at radius 1 is 1.28 bits per heavy atom. The fourth-order valence-electron chi connectivity index (χ4n) is 2.51. The fraction of sp³-hybridized carbons (Fsp3) is 0.333. The highest BCUT2D eigenvalue weighted by Crippen LogP contribution is 2.14. The van der Waals surface area contributed by atoms with Gasteiger partial charge in [0.1, 0.15) is 6.04 Å². The number of esters is 1. The molecule has 2 aromatic rings. The summed E-state index contributed by atoms with van der Waals surface area (Å²) in [5, 5.41) is 3.39. The van der Waals surface area contributed by atoms with E-state index < -0.39 is 29.7 Å². The lowest BCUT2D eigenvalue weighted by Crippen LogP contribution is -2.49. The second-order valence-corrected chi connectivity index (χ2v) is 5.76. The standard InChI is InChI=1S/C18H21N3O4/c1-3-25-15(22)8-11(2)16(17(19)23)21-18(24)13-9-12-6-4-5-7-14(12)20-10-13/h4-7,9-11,16H,3,8H2,1-2H3,(H2,19,23)(H,21,24)/t11-,16-/m0/s1. The van der Waals surface area contributed by atoms with E-state index in [0.717, 1.165) is 10.9 Å². The summed E-state index contributed by atoms with van der Waals surface area (Å²) in [5.74, 6) is -2.12. The number of carbonyl (C=O) groups excluding carboxylic acids is 3. The van der Waals surface area contributed by atoms with Crippen LogP contribution in [0.25, 0.3) is 10.9 Å². The number of hydrogen-bond donors (Lipinski definition) is 2. The zero-order valence-corrected chi connectivity index (χ0v) is 14.2. The first-order chi connectivity index (χ1) is 11.9. The first-order valence-electron chi connectivity index (χ1n) is 8.03. The van der Waals surface area contributed by atoms with Crippen molar-refractivity contribution in [2.45, 2.75) is 26.3 Å². The Labute approximate surface area is 145 Å². The van der Waals surface area contributed by atoms with Gasteiger partial charge in [-0.3, -0.25) is 19.4 Å². The Morgan fingerprint density at radius 2 is 2.00 bits per heavy atom. The first-order valence-corrected chi connectivity index (χ1v) is 8.03. The van der Waals surface area contributed by atoms with Crippen molar-refractivity contribution in [2.24, 2.45) is 11.7 Å². The van der Waals surface area contributed by atoms with Crippen molar-refractivity contribution >= 4 is 28.7 Å². The Hall–Kier alpha value is -2.96. The Morgan fingerprint density at radius 3 is 2.68 bits per heavy atom. The number of fused-ring (bicyclic) bond motifs is 1. The highest BCUT2D eigenvalue weighted by Gasteiger charge is 2.27. The highest BCUT2D eigenvalue weighted by atomic mass is 16.5. The minimum Gasteiger partial charge on any atom is -0.466 e. The molecule has 0 saturated carbocycles. The molecule has 2 atom stereocenters. The Balaban J connectivity index is 2.13. The molecule has 2 rings (SSSR count). The van der Waals surface area contributed by atoms with Crippen LogP contribution in [0, 0.1) is 5.92 Å². The third-order valence-electron chi connectivity index (χ3n) is 3.81. The minimum absolute atomic E-state index is 0.0162. The van der Waals surface area contributed by atoms with E-state index in [1.165, 1.54) is 6.20 Å². The number of nitrogens with zero attached hydrogens (tertiary/aromatic N) is 1. The molecule has 0 aliphatic carbocycles. The van der Waals surface area contributed by atoms with Crippen LogP contribution in [0.4, 0.5) is 0 Å². The number of primary amides is 1. The molecule has 2 amide bonds. The van der Waals surface area contributed by atoms with Crippen molar-refractivity contribution in [2.75, 3.05) is 6.61 Å². The Kier molecular flexibility index (Phi) is 6.05. The van der Waals surface area contributed by atoms with Crippen LogP contribution in [0.5, 0.6) is 0 Å². The van der Waals surface area contributed by atoms with Gasteiger partial charge in [0.2, 0.25) is 5.91 Å². The van der Waals surface area contributed by atoms with Crippen LogP contribution in [0.15, 0.2) is 36.5 Å². The third kappa shape index (κ3) is 4.76. The van der Waals surface area contributed by atoms with Crippen molar-refractivity contribution in [3.05, 3.63) is 42.1 Å². The molecule has 0 saturated heterocycles. The summed E-state index contributed by atoms with van der Waals surface area (Å²) in [7, 11) is 0. The maximum Gasteiger partial charge on any atom is 0.306 e. The molecule has 132 valence electrons. The number of nitrogens with two attached hydrogens (primary N) is 1. The van der Waals surface area contributed by atoms with Gasteiger partial charge in [-0.15, -0.1) is 0 Å². The van der Waals surface area contributed by atoms with Crippen LogP contribution >= 0.6 is 0 Å². The minimum atomic E-state index is -0.983. The second-order valence-electron chi connectivity index (χ2n) is 5.76. The predicted molar refractivity (Wildman–Crippen MR) is 92.6 cm³/mol. The van der Waals surface area contributed by atoms with Gasteiger partial charge in [-0.2, -0.15) is 0 Å². The lowest BCUT2D eigenvalue weighted by Gasteiger charge is -2.21. The fourth-order valence-corrected chi connectivity index (χ4v) is 2.51. The van der Waals surface area contributed by atoms with Gasteiger partial charge >= 0.3 is 5.97 Å². The van der Waals surface area contributed by atoms with Gasteiger partial charge in [0.25, 0.3) is 5.91 Å². The first kappa shape index (κ1) is 18.4. The normalized spacial score (nSPS) is 13.0. The summed E-state index contributed by atoms with van der Waals surface area (Å²) in [6.07, 6.45) is 1.42. The molecule has 0 unspecified atom stereocenters. The van der Waals surface area contributed by atoms with Crippen LogP contribution in [0.2, 0.25) is 0 Å². The largest absolute Gasteiger partial charge is 0.466 e. The van der Waals surface area contributed by atoms with Gasteiger partial charge in [0.05, 0.1) is 24.1 Å². The van der Waals surface area contributed by atoms with Crippen LogP contribution < -0.4 is 11.1 Å². The third-order valence-corrected chi connectivity index (χ3v) is 3.81. The highest BCUT2D eigenvalue weighted by molar-refractivity contribution is 5.99. The number of aromatic nitrogens is 1. The van der Waals surface area contributed by atoms with Gasteiger partial charge in [0, 0.05) is 11.6 Å². The molecule has 1 heterocycles. The number of pyridine rings is 1. The molecule has 1 aromatic carbocycles. The molecule has 0 spiro atoms. The molecule has 25 heavy (non-hydrogen) atoms. The van der Waals surface area contributed by atoms with E-state index in [9.17, 15) is 14.4 Å². The predicted octanol–water partition coefficient (Wildman–Crippen LogP) is 1.41. The number of nitrogens with one attached hydrogen (secondary N) is 1. The van der Waals surface area contributed by atoms with E-state index in [1.807, 2.05) is 24.3 Å². The van der Waals surface area contributed by atoms with Crippen molar-refractivity contribution in [1.29, 1.82) is 0 Å². The molecule has 7 nitrogen and oxygen atoms in total. The van der Waals surface area contributed by atoms with Crippen molar-refractivity contribution < 1.29 is 19.1 Å². The van der Waals surface area contributed by atoms with Crippen LogP contribution in [0.1, 0.15) is 30.6 Å². The van der Waals surface area contributed by atoms with Gasteiger partial charge < -0.3 is 15.8 Å². The number of hydrogen-bond acceptors (Lipinski definition) is 5. The molecular weight excluding hydrogens is 322 g/mol. The topological polar surface area (TPSA) is 111 Å². The molecule has 0 fully saturated rings. The molecule has 0 aliphatic heterocycles. The summed E-state index contributed by atoms with van der Waals surface area (Å²) in [6, 6.07) is 8.09. The Bertz CT molecular complexity index is 791. The number of rotatable bonds is 7. The molecule has 0 aliphatic rings. The lowest BCUT2D eigenvalue weighted by molar-refractivity contribution is -0.144. The summed E-state index contributed by atoms with van der Waals surface area (Å²) in [5.41, 5.74) is 6.46. The van der Waals surface area contributed by atoms with Crippen molar-refractivity contribution in [3.63, 3.8) is 0 Å². The maximum atomic E-state index is 12.4. The van der Waals surface area contributed by atoms with E-state index >= 15 is 0 Å². The summed E-state index contributed by atoms with van der Waals surface area (Å²) >= 11 is 0. The maximum absolute atomic E-state index is 12.4. The molecule has 7 heteroatoms. The zero-order valence-electron chi connectivity index (χ0n) is 14.2. The second kappa shape index (κ2) is 8.23. The summed E-state index contributed by atoms with van der Waals surface area (Å²) in [6.45, 7) is 3.61. The smallest absolute Gasteiger partial charge is 0.306 e. The van der Waals surface area contributed by atoms with E-state index in [4.69, 9.17) is 10.5 Å². The van der Waals surface area contributed by atoms with E-state index in [2.05, 4.69) is 10.3 Å². The zero-order chi connectivity index (χ0) is 18.4. The number of amides is 2. The molecule has 1 aromatic heterocycles. The molecule has 0 radical (unpaired) electrons. The molecule has 0 bridgehead atoms. The van der Waals surface area contributed by atoms with Gasteiger partial charge in [-0.25, -0.2) is 0 Å². The van der Waals surface area contributed by atoms with Gasteiger partial charge in [-0.05, 0) is 25.0 Å². The van der Waals surface area contributed by atoms with E-state index in [1.54, 1.807) is 19.9 Å². The average Bonchev–Trinajstić information content (AvgIpc) is 2.58. The monoisotopic (exact) mass is 343 g/mol. The number of benzene rings is 1. The van der Waals surface area contributed by atoms with Crippen molar-refractivity contribution in [3.8, 4) is 0 Å². The summed E-state index contributed by atoms with van der Waals surface area (Å²) in [4.78, 5) is 39.9. The quantitative estimate of drug-likeness (QED) is 0.738. The van der Waals surface area contributed by atoms with E-state index in [0.29, 0.717) is 5.56 Å². The number of ether oxygens (including phenoxy) is 1.